The van der Waals surface area contributed by atoms with Crippen molar-refractivity contribution < 1.29 is 21.9 Å². The molecule has 5 nitrogen and oxygen atoms in total. The summed E-state index contributed by atoms with van der Waals surface area (Å²) in [5.41, 5.74) is 4.91. The number of nitrogens with two attached hydrogens (primary N) is 1. The highest BCUT2D eigenvalue weighted by atomic mass is 32.2. The predicted molar refractivity (Wildman–Crippen MR) is 73.9 cm³/mol. The third-order valence-corrected chi connectivity index (χ3v) is 4.04. The number of sulfonamides is 1. The van der Waals surface area contributed by atoms with Crippen molar-refractivity contribution in [3.05, 3.63) is 29.3 Å². The molecule has 0 aliphatic heterocycles. The number of hydrogen-bond acceptors (Lipinski definition) is 4. The third-order valence-electron chi connectivity index (χ3n) is 2.38. The summed E-state index contributed by atoms with van der Waals surface area (Å²) in [5.74, 6) is 2.60. The standard InChI is InChI=1S/C13H16F2N2O3S/c1-9(8-20-2)17-21(18,19)13-10(4-3-5-16)6-11(14)7-12(13)15/h6-7,9,17H,5,8,16H2,1-2H3. The Bertz CT molecular complexity index is 666. The van der Waals surface area contributed by atoms with Gasteiger partial charge in [0.05, 0.1) is 18.7 Å². The Hall–Kier alpha value is -1.53. The maximum atomic E-state index is 13.9. The Balaban J connectivity index is 3.33. The summed E-state index contributed by atoms with van der Waals surface area (Å²) < 4.78 is 58.6. The van der Waals surface area contributed by atoms with Gasteiger partial charge in [-0.2, -0.15) is 0 Å². The normalized spacial score (nSPS) is 12.6. The van der Waals surface area contributed by atoms with E-state index in [4.69, 9.17) is 10.5 Å². The van der Waals surface area contributed by atoms with E-state index in [1.165, 1.54) is 7.11 Å². The first-order valence-electron chi connectivity index (χ1n) is 6.01. The summed E-state index contributed by atoms with van der Waals surface area (Å²) in [5, 5.41) is 0. The van der Waals surface area contributed by atoms with Crippen LogP contribution in [0.2, 0.25) is 0 Å². The zero-order valence-corrected chi connectivity index (χ0v) is 12.4. The van der Waals surface area contributed by atoms with Gasteiger partial charge < -0.3 is 10.5 Å². The van der Waals surface area contributed by atoms with Crippen LogP contribution >= 0.6 is 0 Å². The minimum Gasteiger partial charge on any atom is -0.383 e. The number of ether oxygens (including phenoxy) is 1. The van der Waals surface area contributed by atoms with Gasteiger partial charge in [-0.05, 0) is 13.0 Å². The molecule has 0 aliphatic rings. The van der Waals surface area contributed by atoms with Crippen LogP contribution < -0.4 is 10.5 Å². The SMILES string of the molecule is COCC(C)NS(=O)(=O)c1c(F)cc(F)cc1C#CCN. The Morgan fingerprint density at radius 2 is 2.10 bits per heavy atom. The van der Waals surface area contributed by atoms with E-state index in [1.807, 2.05) is 0 Å². The summed E-state index contributed by atoms with van der Waals surface area (Å²) in [7, 11) is -2.80. The van der Waals surface area contributed by atoms with Crippen molar-refractivity contribution in [2.24, 2.45) is 5.73 Å². The minimum absolute atomic E-state index is 0.0644. The van der Waals surface area contributed by atoms with Gasteiger partial charge in [0.15, 0.2) is 0 Å². The molecule has 8 heteroatoms. The van der Waals surface area contributed by atoms with Crippen LogP contribution in [-0.4, -0.2) is 34.7 Å². The van der Waals surface area contributed by atoms with Crippen LogP contribution in [0.5, 0.6) is 0 Å². The molecule has 0 fully saturated rings. The van der Waals surface area contributed by atoms with E-state index in [2.05, 4.69) is 16.6 Å². The molecule has 1 aromatic rings. The maximum absolute atomic E-state index is 13.9. The molecule has 0 aliphatic carbocycles. The number of rotatable bonds is 5. The average Bonchev–Trinajstić information content (AvgIpc) is 2.34. The summed E-state index contributed by atoms with van der Waals surface area (Å²) in [6.45, 7) is 1.59. The van der Waals surface area contributed by atoms with Crippen LogP contribution in [0.3, 0.4) is 0 Å². The first kappa shape index (κ1) is 17.5. The molecule has 0 heterocycles. The van der Waals surface area contributed by atoms with Gasteiger partial charge in [-0.15, -0.1) is 0 Å². The van der Waals surface area contributed by atoms with Gasteiger partial charge in [-0.3, -0.25) is 0 Å². The van der Waals surface area contributed by atoms with Gasteiger partial charge in [0, 0.05) is 19.2 Å². The van der Waals surface area contributed by atoms with Crippen LogP contribution in [-0.2, 0) is 14.8 Å². The van der Waals surface area contributed by atoms with E-state index in [-0.39, 0.29) is 18.7 Å². The topological polar surface area (TPSA) is 81.4 Å². The molecular weight excluding hydrogens is 302 g/mol. The minimum atomic E-state index is -4.21. The molecule has 0 radical (unpaired) electrons. The number of hydrogen-bond donors (Lipinski definition) is 2. The highest BCUT2D eigenvalue weighted by Gasteiger charge is 2.25. The second kappa shape index (κ2) is 7.47. The van der Waals surface area contributed by atoms with Crippen molar-refractivity contribution in [1.29, 1.82) is 0 Å². The van der Waals surface area contributed by atoms with E-state index in [1.54, 1.807) is 6.92 Å². The molecule has 1 rings (SSSR count). The molecule has 3 N–H and O–H groups in total. The lowest BCUT2D eigenvalue weighted by Crippen LogP contribution is -2.36. The third kappa shape index (κ3) is 4.75. The number of methoxy groups -OCH3 is 1. The van der Waals surface area contributed by atoms with E-state index < -0.39 is 32.6 Å². The van der Waals surface area contributed by atoms with Crippen LogP contribution in [0.25, 0.3) is 0 Å². The number of nitrogens with one attached hydrogen (secondary N) is 1. The number of halogens is 2. The molecule has 116 valence electrons. The molecule has 1 aromatic carbocycles. The monoisotopic (exact) mass is 318 g/mol. The van der Waals surface area contributed by atoms with Crippen molar-refractivity contribution in [2.75, 3.05) is 20.3 Å². The smallest absolute Gasteiger partial charge is 0.245 e. The van der Waals surface area contributed by atoms with Gasteiger partial charge in [0.25, 0.3) is 0 Å². The van der Waals surface area contributed by atoms with E-state index in [9.17, 15) is 17.2 Å². The quantitative estimate of drug-likeness (QED) is 0.779. The lowest BCUT2D eigenvalue weighted by atomic mass is 10.2. The molecule has 1 atom stereocenters. The highest BCUT2D eigenvalue weighted by molar-refractivity contribution is 7.89. The fourth-order valence-electron chi connectivity index (χ4n) is 1.68. The lowest BCUT2D eigenvalue weighted by molar-refractivity contribution is 0.180. The molecule has 0 saturated heterocycles. The Kier molecular flexibility index (Phi) is 6.23. The highest BCUT2D eigenvalue weighted by Crippen LogP contribution is 2.21. The summed E-state index contributed by atoms with van der Waals surface area (Å²) in [6, 6.07) is 0.754. The Morgan fingerprint density at radius 1 is 1.43 bits per heavy atom. The summed E-state index contributed by atoms with van der Waals surface area (Å²) >= 11 is 0. The van der Waals surface area contributed by atoms with Gasteiger partial charge in [0.2, 0.25) is 10.0 Å². The Morgan fingerprint density at radius 3 is 2.67 bits per heavy atom. The van der Waals surface area contributed by atoms with Crippen LogP contribution in [0.1, 0.15) is 12.5 Å². The van der Waals surface area contributed by atoms with Crippen LogP contribution in [0.4, 0.5) is 8.78 Å². The fraction of sp³-hybridized carbons (Fsp3) is 0.385. The second-order valence-electron chi connectivity index (χ2n) is 4.25. The molecule has 21 heavy (non-hydrogen) atoms. The molecule has 0 bridgehead atoms. The lowest BCUT2D eigenvalue weighted by Gasteiger charge is -2.14. The molecule has 1 unspecified atom stereocenters. The second-order valence-corrected chi connectivity index (χ2v) is 5.90. The average molecular weight is 318 g/mol. The van der Waals surface area contributed by atoms with Crippen molar-refractivity contribution in [1.82, 2.24) is 4.72 Å². The van der Waals surface area contributed by atoms with Crippen LogP contribution in [0, 0.1) is 23.5 Å². The molecule has 0 amide bonds. The first-order valence-corrected chi connectivity index (χ1v) is 7.49. The van der Waals surface area contributed by atoms with Crippen LogP contribution in [0.15, 0.2) is 17.0 Å². The van der Waals surface area contributed by atoms with E-state index in [0.29, 0.717) is 6.07 Å². The van der Waals surface area contributed by atoms with Crippen molar-refractivity contribution in [3.8, 4) is 11.8 Å². The Labute approximate surface area is 122 Å². The maximum Gasteiger partial charge on any atom is 0.245 e. The van der Waals surface area contributed by atoms with Gasteiger partial charge in [-0.25, -0.2) is 21.9 Å². The van der Waals surface area contributed by atoms with Gasteiger partial charge in [-0.1, -0.05) is 11.8 Å². The van der Waals surface area contributed by atoms with Crippen molar-refractivity contribution >= 4 is 10.0 Å². The van der Waals surface area contributed by atoms with Crippen molar-refractivity contribution in [2.45, 2.75) is 17.9 Å². The molecular formula is C13H16F2N2O3S. The zero-order valence-electron chi connectivity index (χ0n) is 11.6. The van der Waals surface area contributed by atoms with Gasteiger partial charge >= 0.3 is 0 Å². The molecule has 0 aromatic heterocycles. The van der Waals surface area contributed by atoms with E-state index >= 15 is 0 Å². The zero-order chi connectivity index (χ0) is 16.0. The largest absolute Gasteiger partial charge is 0.383 e. The summed E-state index contributed by atoms with van der Waals surface area (Å²) in [6.07, 6.45) is 0. The van der Waals surface area contributed by atoms with E-state index in [0.717, 1.165) is 6.07 Å². The molecule has 0 saturated carbocycles. The van der Waals surface area contributed by atoms with Gasteiger partial charge in [0.1, 0.15) is 16.5 Å². The first-order chi connectivity index (χ1) is 9.81. The summed E-state index contributed by atoms with van der Waals surface area (Å²) in [4.78, 5) is -0.701. The van der Waals surface area contributed by atoms with Crippen molar-refractivity contribution in [3.63, 3.8) is 0 Å². The molecule has 0 spiro atoms. The predicted octanol–water partition coefficient (Wildman–Crippen LogP) is 0.588. The fourth-order valence-corrected chi connectivity index (χ4v) is 3.11. The number of benzene rings is 1.